The Morgan fingerprint density at radius 1 is 1.44 bits per heavy atom. The maximum absolute atomic E-state index is 11.4. The molecular weight excluding hydrogens is 296 g/mol. The van der Waals surface area contributed by atoms with Crippen LogP contribution >= 0.6 is 15.9 Å². The van der Waals surface area contributed by atoms with Crippen molar-refractivity contribution in [1.29, 1.82) is 0 Å². The Morgan fingerprint density at radius 3 is 2.56 bits per heavy atom. The first-order valence-corrected chi connectivity index (χ1v) is 6.69. The van der Waals surface area contributed by atoms with Crippen LogP contribution in [0.4, 0.5) is 0 Å². The predicted octanol–water partition coefficient (Wildman–Crippen LogP) is 3.82. The van der Waals surface area contributed by atoms with Crippen molar-refractivity contribution in [3.63, 3.8) is 0 Å². The van der Waals surface area contributed by atoms with E-state index in [4.69, 9.17) is 4.74 Å². The van der Waals surface area contributed by atoms with Gasteiger partial charge in [0.2, 0.25) is 0 Å². The lowest BCUT2D eigenvalue weighted by Crippen LogP contribution is -2.24. The number of rotatable bonds is 6. The molecule has 0 aliphatic heterocycles. The van der Waals surface area contributed by atoms with Crippen LogP contribution in [0.1, 0.15) is 38.2 Å². The number of ether oxygens (including phenoxy) is 1. The number of methoxy groups -OCH3 is 1. The SMILES string of the molecule is COC(C)(C)CCC(C(=O)O)c1ccccc1Br. The summed E-state index contributed by atoms with van der Waals surface area (Å²) in [6.07, 6.45) is 1.25. The number of hydrogen-bond donors (Lipinski definition) is 1. The van der Waals surface area contributed by atoms with Gasteiger partial charge in [0.15, 0.2) is 0 Å². The van der Waals surface area contributed by atoms with Crippen LogP contribution in [0.2, 0.25) is 0 Å². The van der Waals surface area contributed by atoms with Crippen LogP contribution < -0.4 is 0 Å². The first-order chi connectivity index (χ1) is 8.37. The maximum atomic E-state index is 11.4. The Bertz CT molecular complexity index is 415. The number of hydrogen-bond acceptors (Lipinski definition) is 2. The summed E-state index contributed by atoms with van der Waals surface area (Å²) in [4.78, 5) is 11.4. The van der Waals surface area contributed by atoms with Crippen LogP contribution in [0.15, 0.2) is 28.7 Å². The third-order valence-corrected chi connectivity index (χ3v) is 3.89. The van der Waals surface area contributed by atoms with Gasteiger partial charge in [-0.15, -0.1) is 0 Å². The summed E-state index contributed by atoms with van der Waals surface area (Å²) in [5.41, 5.74) is 0.520. The third kappa shape index (κ3) is 4.10. The van der Waals surface area contributed by atoms with E-state index in [1.807, 2.05) is 38.1 Å². The van der Waals surface area contributed by atoms with E-state index in [1.54, 1.807) is 7.11 Å². The van der Waals surface area contributed by atoms with Crippen LogP contribution in [-0.2, 0) is 9.53 Å². The molecule has 1 N–H and O–H groups in total. The zero-order valence-corrected chi connectivity index (χ0v) is 12.5. The molecular formula is C14H19BrO3. The van der Waals surface area contributed by atoms with Gasteiger partial charge in [0.05, 0.1) is 11.5 Å². The predicted molar refractivity (Wildman–Crippen MR) is 74.8 cm³/mol. The second-order valence-corrected chi connectivity index (χ2v) is 5.77. The van der Waals surface area contributed by atoms with Gasteiger partial charge in [0.1, 0.15) is 0 Å². The number of carboxylic acids is 1. The minimum absolute atomic E-state index is 0.297. The summed E-state index contributed by atoms with van der Waals surface area (Å²) in [5.74, 6) is -1.30. The van der Waals surface area contributed by atoms with E-state index in [0.717, 1.165) is 10.0 Å². The second kappa shape index (κ2) is 6.34. The Labute approximate surface area is 116 Å². The molecule has 1 aromatic carbocycles. The standard InChI is InChI=1S/C14H19BrO3/c1-14(2,18-3)9-8-11(13(16)17)10-6-4-5-7-12(10)15/h4-7,11H,8-9H2,1-3H3,(H,16,17). The summed E-state index contributed by atoms with van der Waals surface area (Å²) in [7, 11) is 1.65. The smallest absolute Gasteiger partial charge is 0.311 e. The minimum atomic E-state index is -0.797. The molecule has 0 saturated heterocycles. The molecule has 1 unspecified atom stereocenters. The lowest BCUT2D eigenvalue weighted by Gasteiger charge is -2.25. The van der Waals surface area contributed by atoms with Crippen molar-refractivity contribution in [3.8, 4) is 0 Å². The quantitative estimate of drug-likeness (QED) is 0.868. The van der Waals surface area contributed by atoms with Gasteiger partial charge in [-0.25, -0.2) is 0 Å². The molecule has 0 fully saturated rings. The van der Waals surface area contributed by atoms with Gasteiger partial charge in [0.25, 0.3) is 0 Å². The highest BCUT2D eigenvalue weighted by Gasteiger charge is 2.25. The Balaban J connectivity index is 2.85. The maximum Gasteiger partial charge on any atom is 0.311 e. The van der Waals surface area contributed by atoms with E-state index in [9.17, 15) is 9.90 Å². The molecule has 100 valence electrons. The van der Waals surface area contributed by atoms with Gasteiger partial charge < -0.3 is 9.84 Å². The van der Waals surface area contributed by atoms with Gasteiger partial charge in [0, 0.05) is 11.6 Å². The van der Waals surface area contributed by atoms with E-state index in [2.05, 4.69) is 15.9 Å². The van der Waals surface area contributed by atoms with Crippen molar-refractivity contribution in [2.24, 2.45) is 0 Å². The van der Waals surface area contributed by atoms with Crippen molar-refractivity contribution in [2.45, 2.75) is 38.2 Å². The van der Waals surface area contributed by atoms with Gasteiger partial charge >= 0.3 is 5.97 Å². The molecule has 1 aromatic rings. The monoisotopic (exact) mass is 314 g/mol. The van der Waals surface area contributed by atoms with Gasteiger partial charge in [-0.1, -0.05) is 34.1 Å². The van der Waals surface area contributed by atoms with E-state index < -0.39 is 11.9 Å². The molecule has 0 amide bonds. The highest BCUT2D eigenvalue weighted by atomic mass is 79.9. The van der Waals surface area contributed by atoms with Crippen LogP contribution in [0.25, 0.3) is 0 Å². The fraction of sp³-hybridized carbons (Fsp3) is 0.500. The van der Waals surface area contributed by atoms with Gasteiger partial charge in [-0.05, 0) is 38.3 Å². The van der Waals surface area contributed by atoms with E-state index in [-0.39, 0.29) is 5.60 Å². The Hall–Kier alpha value is -0.870. The Morgan fingerprint density at radius 2 is 2.06 bits per heavy atom. The molecule has 4 heteroatoms. The highest BCUT2D eigenvalue weighted by molar-refractivity contribution is 9.10. The number of carbonyl (C=O) groups is 1. The van der Waals surface area contributed by atoms with Gasteiger partial charge in [-0.3, -0.25) is 4.79 Å². The van der Waals surface area contributed by atoms with Crippen molar-refractivity contribution in [3.05, 3.63) is 34.3 Å². The number of benzene rings is 1. The molecule has 0 aromatic heterocycles. The van der Waals surface area contributed by atoms with Crippen molar-refractivity contribution >= 4 is 21.9 Å². The van der Waals surface area contributed by atoms with Crippen LogP contribution in [0, 0.1) is 0 Å². The molecule has 1 atom stereocenters. The summed E-state index contributed by atoms with van der Waals surface area (Å²) in [5, 5.41) is 9.36. The molecule has 0 aliphatic carbocycles. The average molecular weight is 315 g/mol. The lowest BCUT2D eigenvalue weighted by atomic mass is 9.90. The molecule has 18 heavy (non-hydrogen) atoms. The fourth-order valence-corrected chi connectivity index (χ4v) is 2.32. The number of halogens is 1. The third-order valence-electron chi connectivity index (χ3n) is 3.17. The van der Waals surface area contributed by atoms with Crippen molar-refractivity contribution in [1.82, 2.24) is 0 Å². The highest BCUT2D eigenvalue weighted by Crippen LogP contribution is 2.31. The summed E-state index contributed by atoms with van der Waals surface area (Å²) < 4.78 is 6.17. The molecule has 0 spiro atoms. The number of carboxylic acid groups (broad SMARTS) is 1. The molecule has 0 aliphatic rings. The first kappa shape index (κ1) is 15.2. The molecule has 0 heterocycles. The van der Waals surface area contributed by atoms with Crippen molar-refractivity contribution in [2.75, 3.05) is 7.11 Å². The molecule has 1 rings (SSSR count). The second-order valence-electron chi connectivity index (χ2n) is 4.91. The van der Waals surface area contributed by atoms with E-state index >= 15 is 0 Å². The number of aliphatic carboxylic acids is 1. The van der Waals surface area contributed by atoms with Crippen LogP contribution in [0.5, 0.6) is 0 Å². The summed E-state index contributed by atoms with van der Waals surface area (Å²) in [6, 6.07) is 7.46. The minimum Gasteiger partial charge on any atom is -0.481 e. The normalized spacial score (nSPS) is 13.3. The van der Waals surface area contributed by atoms with Crippen LogP contribution in [-0.4, -0.2) is 23.8 Å². The average Bonchev–Trinajstić information content (AvgIpc) is 2.31. The zero-order valence-electron chi connectivity index (χ0n) is 10.9. The summed E-state index contributed by atoms with van der Waals surface area (Å²) in [6.45, 7) is 3.93. The molecule has 0 saturated carbocycles. The Kier molecular flexibility index (Phi) is 5.35. The van der Waals surface area contributed by atoms with Crippen molar-refractivity contribution < 1.29 is 14.6 Å². The van der Waals surface area contributed by atoms with E-state index in [1.165, 1.54) is 0 Å². The molecule has 0 bridgehead atoms. The molecule has 3 nitrogen and oxygen atoms in total. The van der Waals surface area contributed by atoms with Gasteiger partial charge in [-0.2, -0.15) is 0 Å². The summed E-state index contributed by atoms with van der Waals surface area (Å²) >= 11 is 3.41. The van der Waals surface area contributed by atoms with E-state index in [0.29, 0.717) is 12.8 Å². The fourth-order valence-electron chi connectivity index (χ4n) is 1.76. The largest absolute Gasteiger partial charge is 0.481 e. The first-order valence-electron chi connectivity index (χ1n) is 5.90. The zero-order chi connectivity index (χ0) is 13.8. The van der Waals surface area contributed by atoms with Crippen LogP contribution in [0.3, 0.4) is 0 Å². The molecule has 0 radical (unpaired) electrons. The topological polar surface area (TPSA) is 46.5 Å². The lowest BCUT2D eigenvalue weighted by molar-refractivity contribution is -0.139.